The van der Waals surface area contributed by atoms with Crippen LogP contribution in [0.25, 0.3) is 0 Å². The molecule has 2 heterocycles. The second-order valence-electron chi connectivity index (χ2n) is 7.20. The predicted octanol–water partition coefficient (Wildman–Crippen LogP) is 2.74. The van der Waals surface area contributed by atoms with E-state index in [9.17, 15) is 17.6 Å². The summed E-state index contributed by atoms with van der Waals surface area (Å²) < 4.78 is 36.4. The lowest BCUT2D eigenvalue weighted by atomic mass is 10.1. The fourth-order valence-corrected chi connectivity index (χ4v) is 6.98. The lowest BCUT2D eigenvalue weighted by Gasteiger charge is -2.12. The average molecular weight is 434 g/mol. The molecule has 0 aliphatic carbocycles. The Morgan fingerprint density at radius 2 is 1.97 bits per heavy atom. The number of anilines is 1. The molecule has 2 aromatic rings. The molecule has 0 bridgehead atoms. The van der Waals surface area contributed by atoms with Crippen LogP contribution in [0, 0.1) is 12.7 Å². The van der Waals surface area contributed by atoms with Crippen LogP contribution in [0.1, 0.15) is 21.5 Å². The summed E-state index contributed by atoms with van der Waals surface area (Å²) in [5, 5.41) is 6.71. The Balaban J connectivity index is 1.42. The molecule has 9 heteroatoms. The summed E-state index contributed by atoms with van der Waals surface area (Å²) in [5.74, 6) is -0.298. The highest BCUT2D eigenvalue weighted by atomic mass is 32.2. The number of halogens is 1. The number of amidine groups is 1. The Morgan fingerprint density at radius 3 is 2.69 bits per heavy atom. The number of nitrogens with one attached hydrogen (secondary N) is 2. The first-order valence-electron chi connectivity index (χ1n) is 9.14. The molecule has 1 fully saturated rings. The lowest BCUT2D eigenvalue weighted by Crippen LogP contribution is -2.23. The third-order valence-electron chi connectivity index (χ3n) is 4.93. The minimum absolute atomic E-state index is 0.0370. The Labute approximate surface area is 172 Å². The van der Waals surface area contributed by atoms with Crippen molar-refractivity contribution in [2.75, 3.05) is 16.8 Å². The zero-order valence-electron chi connectivity index (χ0n) is 15.7. The summed E-state index contributed by atoms with van der Waals surface area (Å²) in [6.07, 6.45) is 0. The molecule has 0 aromatic heterocycles. The van der Waals surface area contributed by atoms with Gasteiger partial charge in [-0.3, -0.25) is 9.79 Å². The van der Waals surface area contributed by atoms with Gasteiger partial charge in [0.1, 0.15) is 5.82 Å². The number of carbonyl (C=O) groups is 1. The van der Waals surface area contributed by atoms with E-state index in [1.165, 1.54) is 23.9 Å². The molecule has 29 heavy (non-hydrogen) atoms. The smallest absolute Gasteiger partial charge is 0.251 e. The molecule has 0 spiro atoms. The van der Waals surface area contributed by atoms with Crippen LogP contribution >= 0.6 is 11.8 Å². The fourth-order valence-electron chi connectivity index (χ4n) is 3.32. The van der Waals surface area contributed by atoms with E-state index in [4.69, 9.17) is 0 Å². The van der Waals surface area contributed by atoms with Crippen LogP contribution in [-0.4, -0.2) is 42.3 Å². The van der Waals surface area contributed by atoms with Crippen LogP contribution in [-0.2, 0) is 16.4 Å². The molecular formula is C20H20FN3O3S2. The van der Waals surface area contributed by atoms with Crippen molar-refractivity contribution >= 4 is 38.4 Å². The maximum Gasteiger partial charge on any atom is 0.251 e. The first-order chi connectivity index (χ1) is 13.8. The van der Waals surface area contributed by atoms with Gasteiger partial charge < -0.3 is 10.6 Å². The van der Waals surface area contributed by atoms with E-state index in [1.807, 2.05) is 13.0 Å². The number of aryl methyl sites for hydroxylation is 1. The van der Waals surface area contributed by atoms with Crippen LogP contribution in [0.15, 0.2) is 47.5 Å². The molecule has 0 saturated carbocycles. The topological polar surface area (TPSA) is 87.6 Å². The van der Waals surface area contributed by atoms with Gasteiger partial charge in [0.25, 0.3) is 5.91 Å². The third kappa shape index (κ3) is 4.62. The number of amides is 1. The number of aliphatic imine (C=N–C) groups is 1. The van der Waals surface area contributed by atoms with Crippen LogP contribution in [0.5, 0.6) is 0 Å². The third-order valence-corrected chi connectivity index (χ3v) is 8.07. The molecule has 0 radical (unpaired) electrons. The molecule has 1 saturated heterocycles. The molecule has 2 aromatic carbocycles. The molecule has 2 N–H and O–H groups in total. The van der Waals surface area contributed by atoms with Crippen LogP contribution < -0.4 is 10.6 Å². The van der Waals surface area contributed by atoms with E-state index in [1.54, 1.807) is 24.3 Å². The molecule has 1 amide bonds. The molecular weight excluding hydrogens is 413 g/mol. The second kappa shape index (κ2) is 7.79. The van der Waals surface area contributed by atoms with Gasteiger partial charge in [0.15, 0.2) is 15.0 Å². The molecule has 0 unspecified atom stereocenters. The summed E-state index contributed by atoms with van der Waals surface area (Å²) in [6, 6.07) is 11.1. The van der Waals surface area contributed by atoms with Gasteiger partial charge in [-0.2, -0.15) is 0 Å². The van der Waals surface area contributed by atoms with Crippen molar-refractivity contribution in [3.05, 3.63) is 65.0 Å². The monoisotopic (exact) mass is 433 g/mol. The number of nitrogens with zero attached hydrogens (tertiary/aromatic N) is 1. The first-order valence-corrected chi connectivity index (χ1v) is 11.8. The lowest BCUT2D eigenvalue weighted by molar-refractivity contribution is 0.0951. The predicted molar refractivity (Wildman–Crippen MR) is 114 cm³/mol. The summed E-state index contributed by atoms with van der Waals surface area (Å²) in [7, 11) is -2.99. The van der Waals surface area contributed by atoms with Crippen molar-refractivity contribution < 1.29 is 17.6 Å². The highest BCUT2D eigenvalue weighted by Crippen LogP contribution is 2.35. The first kappa shape index (κ1) is 19.9. The van der Waals surface area contributed by atoms with Gasteiger partial charge in [-0.1, -0.05) is 30.0 Å². The number of carbonyl (C=O) groups excluding carboxylic acids is 1. The standard InChI is InChI=1S/C20H20FN3O3S2/c1-12-2-5-14(19(25)22-9-13-3-6-15(21)7-4-13)8-16(12)23-20-24-17-10-29(26,27)11-18(17)28-20/h2-8,17-18H,9-11H2,1H3,(H,22,25)(H,23,24)/t17-,18-/m1/s1. The number of hydrogen-bond donors (Lipinski definition) is 2. The van der Waals surface area contributed by atoms with Gasteiger partial charge in [0.2, 0.25) is 0 Å². The minimum Gasteiger partial charge on any atom is -0.348 e. The van der Waals surface area contributed by atoms with Gasteiger partial charge in [-0.05, 0) is 42.3 Å². The van der Waals surface area contributed by atoms with Crippen LogP contribution in [0.4, 0.5) is 10.1 Å². The van der Waals surface area contributed by atoms with Gasteiger partial charge in [-0.15, -0.1) is 0 Å². The SMILES string of the molecule is Cc1ccc(C(=O)NCc2ccc(F)cc2)cc1NC1=N[C@@H]2CS(=O)(=O)C[C@H]2S1. The molecule has 4 rings (SSSR count). The Morgan fingerprint density at radius 1 is 1.21 bits per heavy atom. The van der Waals surface area contributed by atoms with Crippen LogP contribution in [0.2, 0.25) is 0 Å². The largest absolute Gasteiger partial charge is 0.348 e. The zero-order valence-corrected chi connectivity index (χ0v) is 17.3. The van der Waals surface area contributed by atoms with E-state index in [-0.39, 0.29) is 34.5 Å². The van der Waals surface area contributed by atoms with Crippen LogP contribution in [0.3, 0.4) is 0 Å². The normalized spacial score (nSPS) is 22.1. The summed E-state index contributed by atoms with van der Waals surface area (Å²) in [5.41, 5.74) is 3.01. The Hall–Kier alpha value is -2.39. The van der Waals surface area contributed by atoms with Crippen molar-refractivity contribution in [3.8, 4) is 0 Å². The highest BCUT2D eigenvalue weighted by Gasteiger charge is 2.42. The van der Waals surface area contributed by atoms with Crippen molar-refractivity contribution in [2.24, 2.45) is 4.99 Å². The van der Waals surface area contributed by atoms with E-state index in [0.29, 0.717) is 17.3 Å². The number of benzene rings is 2. The number of hydrogen-bond acceptors (Lipinski definition) is 6. The van der Waals surface area contributed by atoms with E-state index < -0.39 is 9.84 Å². The van der Waals surface area contributed by atoms with Crippen molar-refractivity contribution in [3.63, 3.8) is 0 Å². The van der Waals surface area contributed by atoms with E-state index in [2.05, 4.69) is 15.6 Å². The highest BCUT2D eigenvalue weighted by molar-refractivity contribution is 8.15. The molecule has 2 aliphatic rings. The minimum atomic E-state index is -2.99. The van der Waals surface area contributed by atoms with Gasteiger partial charge >= 0.3 is 0 Å². The van der Waals surface area contributed by atoms with Gasteiger partial charge in [0, 0.05) is 23.0 Å². The summed E-state index contributed by atoms with van der Waals surface area (Å²) in [6.45, 7) is 2.23. The maximum atomic E-state index is 13.0. The average Bonchev–Trinajstić information content (AvgIpc) is 3.15. The fraction of sp³-hybridized carbons (Fsp3) is 0.300. The van der Waals surface area contributed by atoms with E-state index in [0.717, 1.165) is 16.8 Å². The molecule has 2 aliphatic heterocycles. The van der Waals surface area contributed by atoms with Crippen molar-refractivity contribution in [1.29, 1.82) is 0 Å². The summed E-state index contributed by atoms with van der Waals surface area (Å²) in [4.78, 5) is 17.0. The van der Waals surface area contributed by atoms with E-state index >= 15 is 0 Å². The Kier molecular flexibility index (Phi) is 5.35. The summed E-state index contributed by atoms with van der Waals surface area (Å²) >= 11 is 1.44. The van der Waals surface area contributed by atoms with Crippen molar-refractivity contribution in [2.45, 2.75) is 24.8 Å². The maximum absolute atomic E-state index is 13.0. The number of fused-ring (bicyclic) bond motifs is 1. The molecule has 2 atom stereocenters. The molecule has 152 valence electrons. The van der Waals surface area contributed by atoms with Crippen molar-refractivity contribution in [1.82, 2.24) is 5.32 Å². The molecule has 6 nitrogen and oxygen atoms in total. The van der Waals surface area contributed by atoms with Gasteiger partial charge in [0.05, 0.1) is 17.5 Å². The zero-order chi connectivity index (χ0) is 20.6. The number of thioether (sulfide) groups is 1. The Bertz CT molecular complexity index is 1080. The quantitative estimate of drug-likeness (QED) is 0.774. The number of rotatable bonds is 4. The van der Waals surface area contributed by atoms with Gasteiger partial charge in [-0.25, -0.2) is 12.8 Å². The second-order valence-corrected chi connectivity index (χ2v) is 10.6. The number of sulfone groups is 1.